The lowest BCUT2D eigenvalue weighted by Gasteiger charge is -2.16. The summed E-state index contributed by atoms with van der Waals surface area (Å²) in [5.41, 5.74) is 6.02. The molecule has 2 N–H and O–H groups in total. The van der Waals surface area contributed by atoms with Gasteiger partial charge in [0, 0.05) is 23.9 Å². The van der Waals surface area contributed by atoms with Crippen LogP contribution in [0.15, 0.2) is 18.5 Å². The molecule has 0 bridgehead atoms. The number of nitrogen functional groups attached to an aromatic ring is 1. The van der Waals surface area contributed by atoms with Gasteiger partial charge in [-0.15, -0.1) is 0 Å². The largest absolute Gasteiger partial charge is 0.382 e. The van der Waals surface area contributed by atoms with Crippen molar-refractivity contribution in [3.8, 4) is 0 Å². The first-order valence-electron chi connectivity index (χ1n) is 5.46. The van der Waals surface area contributed by atoms with Gasteiger partial charge in [-0.2, -0.15) is 8.78 Å². The lowest BCUT2D eigenvalue weighted by atomic mass is 9.96. The number of halogens is 2. The lowest BCUT2D eigenvalue weighted by Crippen LogP contribution is -2.16. The van der Waals surface area contributed by atoms with Gasteiger partial charge < -0.3 is 5.73 Å². The fourth-order valence-corrected chi connectivity index (χ4v) is 1.82. The summed E-state index contributed by atoms with van der Waals surface area (Å²) in [4.78, 5) is 8.16. The predicted octanol–water partition coefficient (Wildman–Crippen LogP) is 2.85. The Kier molecular flexibility index (Phi) is 2.80. The van der Waals surface area contributed by atoms with Crippen molar-refractivity contribution in [1.82, 2.24) is 14.4 Å². The van der Waals surface area contributed by atoms with E-state index >= 15 is 0 Å². The van der Waals surface area contributed by atoms with E-state index in [9.17, 15) is 8.78 Å². The Bertz CT molecular complexity index is 619. The molecule has 0 aliphatic carbocycles. The molecule has 0 amide bonds. The molecule has 6 heteroatoms. The van der Waals surface area contributed by atoms with Gasteiger partial charge in [-0.05, 0) is 0 Å². The molecule has 4 nitrogen and oxygen atoms in total. The zero-order valence-corrected chi connectivity index (χ0v) is 10.4. The van der Waals surface area contributed by atoms with E-state index in [4.69, 9.17) is 5.73 Å². The average Bonchev–Trinajstić information content (AvgIpc) is 2.57. The SMILES string of the molecule is CC(C)(C)c1nc(C=C(F)F)c2c(N)nccn12. The van der Waals surface area contributed by atoms with Crippen LogP contribution in [0.2, 0.25) is 0 Å². The molecule has 0 fully saturated rings. The molecule has 0 saturated heterocycles. The van der Waals surface area contributed by atoms with Crippen molar-refractivity contribution in [2.24, 2.45) is 0 Å². The van der Waals surface area contributed by atoms with Crippen LogP contribution in [0, 0.1) is 0 Å². The first-order chi connectivity index (χ1) is 8.30. The third kappa shape index (κ3) is 2.05. The zero-order chi connectivity index (χ0) is 13.5. The van der Waals surface area contributed by atoms with Crippen molar-refractivity contribution >= 4 is 17.4 Å². The van der Waals surface area contributed by atoms with E-state index in [1.54, 1.807) is 10.6 Å². The van der Waals surface area contributed by atoms with Gasteiger partial charge in [0.15, 0.2) is 0 Å². The summed E-state index contributed by atoms with van der Waals surface area (Å²) in [5, 5.41) is 0. The van der Waals surface area contributed by atoms with Crippen molar-refractivity contribution in [1.29, 1.82) is 0 Å². The minimum absolute atomic E-state index is 0.144. The molecule has 2 heterocycles. The van der Waals surface area contributed by atoms with Crippen molar-refractivity contribution in [3.63, 3.8) is 0 Å². The van der Waals surface area contributed by atoms with Gasteiger partial charge >= 0.3 is 0 Å². The number of rotatable bonds is 1. The molecular formula is C12H14F2N4. The quantitative estimate of drug-likeness (QED) is 0.849. The smallest absolute Gasteiger partial charge is 0.272 e. The Morgan fingerprint density at radius 1 is 1.39 bits per heavy atom. The van der Waals surface area contributed by atoms with E-state index in [2.05, 4.69) is 9.97 Å². The first kappa shape index (κ1) is 12.5. The molecule has 2 aromatic heterocycles. The molecular weight excluding hydrogens is 238 g/mol. The fraction of sp³-hybridized carbons (Fsp3) is 0.333. The normalized spacial score (nSPS) is 11.8. The van der Waals surface area contributed by atoms with Gasteiger partial charge in [0.1, 0.15) is 17.2 Å². The topological polar surface area (TPSA) is 56.2 Å². The summed E-state index contributed by atoms with van der Waals surface area (Å²) < 4.78 is 26.6. The summed E-state index contributed by atoms with van der Waals surface area (Å²) in [6.07, 6.45) is 2.10. The van der Waals surface area contributed by atoms with E-state index in [1.165, 1.54) is 6.20 Å². The van der Waals surface area contributed by atoms with Crippen LogP contribution in [0.5, 0.6) is 0 Å². The number of nitrogens with zero attached hydrogens (tertiary/aromatic N) is 3. The third-order valence-electron chi connectivity index (χ3n) is 2.53. The maximum Gasteiger partial charge on any atom is 0.272 e. The molecule has 96 valence electrons. The number of anilines is 1. The maximum atomic E-state index is 12.4. The van der Waals surface area contributed by atoms with Crippen LogP contribution in [-0.4, -0.2) is 14.4 Å². The van der Waals surface area contributed by atoms with Crippen LogP contribution in [0.3, 0.4) is 0 Å². The standard InChI is InChI=1S/C12H14F2N4/c1-12(2,3)11-17-7(6-8(13)14)9-10(15)16-4-5-18(9)11/h4-6H,1-3H3,(H2,15,16). The molecule has 0 saturated carbocycles. The third-order valence-corrected chi connectivity index (χ3v) is 2.53. The molecule has 18 heavy (non-hydrogen) atoms. The zero-order valence-electron chi connectivity index (χ0n) is 10.4. The highest BCUT2D eigenvalue weighted by Crippen LogP contribution is 2.27. The summed E-state index contributed by atoms with van der Waals surface area (Å²) in [6, 6.07) is 0. The molecule has 0 aliphatic heterocycles. The van der Waals surface area contributed by atoms with Gasteiger partial charge in [-0.25, -0.2) is 9.97 Å². The highest BCUT2D eigenvalue weighted by atomic mass is 19.3. The number of aromatic nitrogens is 3. The maximum absolute atomic E-state index is 12.4. The predicted molar refractivity (Wildman–Crippen MR) is 66.3 cm³/mol. The van der Waals surface area contributed by atoms with E-state index in [1.807, 2.05) is 20.8 Å². The Morgan fingerprint density at radius 2 is 2.06 bits per heavy atom. The minimum Gasteiger partial charge on any atom is -0.382 e. The van der Waals surface area contributed by atoms with Crippen molar-refractivity contribution in [3.05, 3.63) is 30.0 Å². The second-order valence-corrected chi connectivity index (χ2v) is 5.04. The van der Waals surface area contributed by atoms with Gasteiger partial charge in [-0.1, -0.05) is 20.8 Å². The fourth-order valence-electron chi connectivity index (χ4n) is 1.82. The number of hydrogen-bond donors (Lipinski definition) is 1. The highest BCUT2D eigenvalue weighted by molar-refractivity contribution is 5.77. The Balaban J connectivity index is 2.85. The first-order valence-corrected chi connectivity index (χ1v) is 5.46. The Morgan fingerprint density at radius 3 is 2.61 bits per heavy atom. The molecule has 0 radical (unpaired) electrons. The van der Waals surface area contributed by atoms with Crippen LogP contribution >= 0.6 is 0 Å². The van der Waals surface area contributed by atoms with E-state index in [0.29, 0.717) is 17.4 Å². The second kappa shape index (κ2) is 4.04. The number of hydrogen-bond acceptors (Lipinski definition) is 3. The van der Waals surface area contributed by atoms with Gasteiger partial charge in [-0.3, -0.25) is 4.40 Å². The van der Waals surface area contributed by atoms with Crippen LogP contribution in [0.1, 0.15) is 32.3 Å². The number of nitrogens with two attached hydrogens (primary N) is 1. The molecule has 0 spiro atoms. The van der Waals surface area contributed by atoms with Crippen LogP contribution < -0.4 is 5.73 Å². The Hall–Kier alpha value is -1.98. The van der Waals surface area contributed by atoms with Crippen LogP contribution in [-0.2, 0) is 5.41 Å². The Labute approximate surface area is 103 Å². The van der Waals surface area contributed by atoms with Crippen LogP contribution in [0.4, 0.5) is 14.6 Å². The molecule has 2 rings (SSSR count). The molecule has 2 aromatic rings. The number of fused-ring (bicyclic) bond motifs is 1. The monoisotopic (exact) mass is 252 g/mol. The van der Waals surface area contributed by atoms with Gasteiger partial charge in [0.05, 0.1) is 5.69 Å². The van der Waals surface area contributed by atoms with Gasteiger partial charge in [0.25, 0.3) is 6.08 Å². The van der Waals surface area contributed by atoms with Gasteiger partial charge in [0.2, 0.25) is 0 Å². The lowest BCUT2D eigenvalue weighted by molar-refractivity contribution is 0.429. The van der Waals surface area contributed by atoms with Crippen molar-refractivity contribution < 1.29 is 8.78 Å². The summed E-state index contributed by atoms with van der Waals surface area (Å²) in [7, 11) is 0. The number of imidazole rings is 1. The summed E-state index contributed by atoms with van der Waals surface area (Å²) >= 11 is 0. The van der Waals surface area contributed by atoms with E-state index in [-0.39, 0.29) is 16.9 Å². The molecule has 0 aromatic carbocycles. The van der Waals surface area contributed by atoms with Crippen molar-refractivity contribution in [2.45, 2.75) is 26.2 Å². The molecule has 0 aliphatic rings. The van der Waals surface area contributed by atoms with E-state index < -0.39 is 6.08 Å². The second-order valence-electron chi connectivity index (χ2n) is 5.04. The summed E-state index contributed by atoms with van der Waals surface area (Å²) in [6.45, 7) is 5.87. The summed E-state index contributed by atoms with van der Waals surface area (Å²) in [5.74, 6) is 0.854. The van der Waals surface area contributed by atoms with Crippen molar-refractivity contribution in [2.75, 3.05) is 5.73 Å². The minimum atomic E-state index is -1.81. The van der Waals surface area contributed by atoms with Crippen LogP contribution in [0.25, 0.3) is 11.6 Å². The molecule has 0 unspecified atom stereocenters. The van der Waals surface area contributed by atoms with E-state index in [0.717, 1.165) is 0 Å². The molecule has 0 atom stereocenters. The highest BCUT2D eigenvalue weighted by Gasteiger charge is 2.23. The average molecular weight is 252 g/mol.